The molecule has 2 rings (SSSR count). The smallest absolute Gasteiger partial charge is 0.159 e. The van der Waals surface area contributed by atoms with E-state index in [2.05, 4.69) is 20.9 Å². The van der Waals surface area contributed by atoms with E-state index in [1.54, 1.807) is 0 Å². The molecule has 2 saturated heterocycles. The van der Waals surface area contributed by atoms with Gasteiger partial charge in [0.25, 0.3) is 0 Å². The van der Waals surface area contributed by atoms with Gasteiger partial charge in [0.2, 0.25) is 0 Å². The lowest BCUT2D eigenvalue weighted by Gasteiger charge is -2.19. The summed E-state index contributed by atoms with van der Waals surface area (Å²) < 4.78 is 1.57. The third-order valence-electron chi connectivity index (χ3n) is 2.90. The van der Waals surface area contributed by atoms with Gasteiger partial charge in [-0.25, -0.2) is 10.0 Å². The van der Waals surface area contributed by atoms with Crippen molar-refractivity contribution in [1.82, 2.24) is 20.9 Å². The van der Waals surface area contributed by atoms with Crippen molar-refractivity contribution in [2.75, 3.05) is 26.2 Å². The Balaban J connectivity index is 1.57. The molecule has 18 heavy (non-hydrogen) atoms. The van der Waals surface area contributed by atoms with E-state index in [0.29, 0.717) is 0 Å². The molecular weight excluding hydrogens is 304 g/mol. The quantitative estimate of drug-likeness (QED) is 0.591. The Kier molecular flexibility index (Phi) is 6.46. The lowest BCUT2D eigenvalue weighted by atomic mass is 10.4. The lowest BCUT2D eigenvalue weighted by molar-refractivity contribution is 0.300. The fourth-order valence-electron chi connectivity index (χ4n) is 2.03. The van der Waals surface area contributed by atoms with Gasteiger partial charge in [0.1, 0.15) is 0 Å². The first kappa shape index (κ1) is 14.8. The van der Waals surface area contributed by atoms with Gasteiger partial charge in [0.05, 0.1) is 0 Å². The van der Waals surface area contributed by atoms with E-state index in [4.69, 9.17) is 24.4 Å². The molecule has 0 aromatic heterocycles. The molecule has 0 aromatic carbocycles. The fourth-order valence-corrected chi connectivity index (χ4v) is 4.06. The topological polar surface area (TPSA) is 30.5 Å². The van der Waals surface area contributed by atoms with Gasteiger partial charge < -0.3 is 10.9 Å². The predicted molar refractivity (Wildman–Crippen MR) is 88.3 cm³/mol. The number of hydrazine groups is 2. The third kappa shape index (κ3) is 5.18. The number of hydrogen-bond donors (Lipinski definition) is 2. The fraction of sp³-hybridized carbons (Fsp3) is 0.800. The van der Waals surface area contributed by atoms with Crippen molar-refractivity contribution < 1.29 is 0 Å². The molecule has 0 aliphatic carbocycles. The summed E-state index contributed by atoms with van der Waals surface area (Å²) in [5.74, 6) is 0. The van der Waals surface area contributed by atoms with Gasteiger partial charge >= 0.3 is 0 Å². The Bertz CT molecular complexity index is 270. The van der Waals surface area contributed by atoms with Crippen molar-refractivity contribution in [3.05, 3.63) is 0 Å². The van der Waals surface area contributed by atoms with Gasteiger partial charge in [0.15, 0.2) is 8.64 Å². The number of rotatable bonds is 2. The minimum absolute atomic E-state index is 0.785. The molecule has 0 unspecified atom stereocenters. The van der Waals surface area contributed by atoms with E-state index >= 15 is 0 Å². The molecule has 0 aromatic rings. The van der Waals surface area contributed by atoms with Crippen LogP contribution >= 0.6 is 46.0 Å². The van der Waals surface area contributed by atoms with E-state index in [0.717, 1.165) is 34.8 Å². The van der Waals surface area contributed by atoms with Gasteiger partial charge in [-0.3, -0.25) is 0 Å². The monoisotopic (exact) mass is 322 g/mol. The molecule has 0 saturated carbocycles. The second-order valence-corrected chi connectivity index (χ2v) is 7.84. The average Bonchev–Trinajstić information content (AvgIpc) is 2.99. The summed E-state index contributed by atoms with van der Waals surface area (Å²) in [4.78, 5) is 0. The SMILES string of the molecule is S=C(NN1CCCC1)SSC(=S)NN1CCCC1. The highest BCUT2D eigenvalue weighted by Gasteiger charge is 2.15. The molecule has 102 valence electrons. The van der Waals surface area contributed by atoms with E-state index < -0.39 is 0 Å². The standard InChI is InChI=1S/C10H18N4S4/c15-9(11-13-5-1-2-6-13)17-18-10(16)12-14-7-3-4-8-14/h1-8H2,(H,11,15)(H,12,16). The van der Waals surface area contributed by atoms with Crippen LogP contribution in [-0.2, 0) is 0 Å². The summed E-state index contributed by atoms with van der Waals surface area (Å²) >= 11 is 10.6. The zero-order valence-corrected chi connectivity index (χ0v) is 13.5. The van der Waals surface area contributed by atoms with Crippen LogP contribution in [0.5, 0.6) is 0 Å². The van der Waals surface area contributed by atoms with Crippen LogP contribution < -0.4 is 10.9 Å². The van der Waals surface area contributed by atoms with Crippen molar-refractivity contribution in [3.8, 4) is 0 Å². The van der Waals surface area contributed by atoms with E-state index in [9.17, 15) is 0 Å². The van der Waals surface area contributed by atoms with Crippen LogP contribution in [0.1, 0.15) is 25.7 Å². The lowest BCUT2D eigenvalue weighted by Crippen LogP contribution is -2.38. The summed E-state index contributed by atoms with van der Waals surface area (Å²) in [5, 5.41) is 4.35. The molecule has 0 spiro atoms. The Morgan fingerprint density at radius 1 is 0.722 bits per heavy atom. The molecule has 0 atom stereocenters. The first-order valence-electron chi connectivity index (χ1n) is 6.20. The van der Waals surface area contributed by atoms with Crippen LogP contribution in [0.2, 0.25) is 0 Å². The molecular formula is C10H18N4S4. The van der Waals surface area contributed by atoms with Crippen molar-refractivity contribution in [2.24, 2.45) is 0 Å². The van der Waals surface area contributed by atoms with Crippen LogP contribution in [0, 0.1) is 0 Å². The molecule has 0 amide bonds. The second-order valence-electron chi connectivity index (χ2n) is 4.35. The molecule has 8 heteroatoms. The molecule has 2 fully saturated rings. The van der Waals surface area contributed by atoms with E-state index in [-0.39, 0.29) is 0 Å². The van der Waals surface area contributed by atoms with Crippen LogP contribution in [-0.4, -0.2) is 44.8 Å². The van der Waals surface area contributed by atoms with Gasteiger partial charge in [-0.15, -0.1) is 0 Å². The molecule has 2 aliphatic rings. The first-order chi connectivity index (χ1) is 8.74. The molecule has 2 aliphatic heterocycles. The van der Waals surface area contributed by atoms with Crippen molar-refractivity contribution in [2.45, 2.75) is 25.7 Å². The number of thiocarbonyl (C=S) groups is 2. The van der Waals surface area contributed by atoms with Crippen LogP contribution in [0.25, 0.3) is 0 Å². The van der Waals surface area contributed by atoms with Crippen LogP contribution in [0.3, 0.4) is 0 Å². The van der Waals surface area contributed by atoms with Crippen molar-refractivity contribution in [3.63, 3.8) is 0 Å². The zero-order chi connectivity index (χ0) is 12.8. The number of nitrogens with one attached hydrogen (secondary N) is 2. The van der Waals surface area contributed by atoms with Crippen LogP contribution in [0.4, 0.5) is 0 Å². The molecule has 2 N–H and O–H groups in total. The Morgan fingerprint density at radius 2 is 1.06 bits per heavy atom. The highest BCUT2D eigenvalue weighted by atomic mass is 33.1. The number of hydrogen-bond acceptors (Lipinski definition) is 6. The van der Waals surface area contributed by atoms with E-state index in [1.165, 1.54) is 47.3 Å². The minimum atomic E-state index is 0.785. The summed E-state index contributed by atoms with van der Waals surface area (Å²) in [7, 11) is 3.04. The molecule has 2 heterocycles. The third-order valence-corrected chi connectivity index (χ3v) is 6.04. The van der Waals surface area contributed by atoms with Gasteiger partial charge in [0, 0.05) is 26.2 Å². The first-order valence-corrected chi connectivity index (χ1v) is 9.16. The summed E-state index contributed by atoms with van der Waals surface area (Å²) in [6.07, 6.45) is 5.01. The number of nitrogens with zero attached hydrogens (tertiary/aromatic N) is 2. The Morgan fingerprint density at radius 3 is 1.39 bits per heavy atom. The second kappa shape index (κ2) is 7.86. The Labute approximate surface area is 127 Å². The highest BCUT2D eigenvalue weighted by molar-refractivity contribution is 8.89. The molecule has 0 bridgehead atoms. The maximum absolute atomic E-state index is 5.28. The predicted octanol–water partition coefficient (Wildman–Crippen LogP) is 2.14. The maximum Gasteiger partial charge on any atom is 0.159 e. The molecule has 0 radical (unpaired) electrons. The highest BCUT2D eigenvalue weighted by Crippen LogP contribution is 2.24. The minimum Gasteiger partial charge on any atom is -0.303 e. The maximum atomic E-state index is 5.28. The van der Waals surface area contributed by atoms with Crippen molar-refractivity contribution >= 4 is 54.7 Å². The van der Waals surface area contributed by atoms with Crippen LogP contribution in [0.15, 0.2) is 0 Å². The van der Waals surface area contributed by atoms with Gasteiger partial charge in [-0.2, -0.15) is 0 Å². The van der Waals surface area contributed by atoms with E-state index in [1.807, 2.05) is 0 Å². The summed E-state index contributed by atoms with van der Waals surface area (Å²) in [5.41, 5.74) is 6.47. The van der Waals surface area contributed by atoms with Gasteiger partial charge in [-0.05, 0) is 47.3 Å². The Hall–Kier alpha value is 0.400. The summed E-state index contributed by atoms with van der Waals surface area (Å²) in [6, 6.07) is 0. The van der Waals surface area contributed by atoms with Gasteiger partial charge in [-0.1, -0.05) is 24.4 Å². The normalized spacial score (nSPS) is 21.1. The largest absolute Gasteiger partial charge is 0.303 e. The average molecular weight is 323 g/mol. The zero-order valence-electron chi connectivity index (χ0n) is 10.2. The molecule has 4 nitrogen and oxygen atoms in total. The summed E-state index contributed by atoms with van der Waals surface area (Å²) in [6.45, 7) is 4.34. The van der Waals surface area contributed by atoms with Crippen molar-refractivity contribution in [1.29, 1.82) is 0 Å².